The SMILES string of the molecule is CCCCCC(O)c1ccc(C2[C@@H](CCCc3cccc(C=O)c3)C(Cl)C[C@H]2O)cc1. The van der Waals surface area contributed by atoms with E-state index in [9.17, 15) is 15.0 Å². The van der Waals surface area contributed by atoms with Crippen LogP contribution < -0.4 is 0 Å². The van der Waals surface area contributed by atoms with Crippen molar-refractivity contribution in [2.75, 3.05) is 0 Å². The van der Waals surface area contributed by atoms with Gasteiger partial charge in [-0.25, -0.2) is 0 Å². The third-order valence-electron chi connectivity index (χ3n) is 6.68. The first-order valence-corrected chi connectivity index (χ1v) is 12.1. The van der Waals surface area contributed by atoms with Gasteiger partial charge in [0.25, 0.3) is 0 Å². The second-order valence-electron chi connectivity index (χ2n) is 8.94. The largest absolute Gasteiger partial charge is 0.392 e. The number of hydrogen-bond acceptors (Lipinski definition) is 3. The predicted molar refractivity (Wildman–Crippen MR) is 127 cm³/mol. The zero-order valence-corrected chi connectivity index (χ0v) is 19.2. The van der Waals surface area contributed by atoms with Crippen LogP contribution in [0.1, 0.15) is 90.9 Å². The summed E-state index contributed by atoms with van der Waals surface area (Å²) in [5.41, 5.74) is 3.92. The molecular weight excluding hydrogens is 408 g/mol. The molecule has 2 N–H and O–H groups in total. The quantitative estimate of drug-likeness (QED) is 0.247. The average molecular weight is 443 g/mol. The highest BCUT2D eigenvalue weighted by Gasteiger charge is 2.41. The summed E-state index contributed by atoms with van der Waals surface area (Å²) in [5.74, 6) is 0.237. The summed E-state index contributed by atoms with van der Waals surface area (Å²) in [5, 5.41) is 21.1. The normalized spacial score (nSPS) is 24.3. The molecule has 0 aromatic heterocycles. The van der Waals surface area contributed by atoms with Crippen molar-refractivity contribution in [3.8, 4) is 0 Å². The highest BCUT2D eigenvalue weighted by atomic mass is 35.5. The maximum atomic E-state index is 11.0. The minimum Gasteiger partial charge on any atom is -0.392 e. The number of carbonyl (C=O) groups is 1. The fraction of sp³-hybridized carbons (Fsp3) is 0.519. The molecule has 5 atom stereocenters. The lowest BCUT2D eigenvalue weighted by Crippen LogP contribution is -2.19. The Bertz CT molecular complexity index is 819. The van der Waals surface area contributed by atoms with Gasteiger partial charge in [0, 0.05) is 16.9 Å². The Hall–Kier alpha value is -1.68. The van der Waals surface area contributed by atoms with E-state index in [0.29, 0.717) is 12.0 Å². The Morgan fingerprint density at radius 3 is 2.61 bits per heavy atom. The minimum absolute atomic E-state index is 0.0232. The van der Waals surface area contributed by atoms with Crippen LogP contribution in [-0.2, 0) is 6.42 Å². The molecule has 2 aromatic rings. The van der Waals surface area contributed by atoms with Crippen LogP contribution in [0.25, 0.3) is 0 Å². The number of rotatable bonds is 11. The molecular formula is C27H35ClO3. The lowest BCUT2D eigenvalue weighted by Gasteiger charge is -2.24. The zero-order valence-electron chi connectivity index (χ0n) is 18.4. The molecule has 1 aliphatic rings. The first kappa shape index (κ1) is 24.0. The van der Waals surface area contributed by atoms with Gasteiger partial charge >= 0.3 is 0 Å². The van der Waals surface area contributed by atoms with E-state index in [2.05, 4.69) is 25.1 Å². The molecule has 4 heteroatoms. The van der Waals surface area contributed by atoms with E-state index in [0.717, 1.165) is 67.9 Å². The fourth-order valence-corrected chi connectivity index (χ4v) is 5.42. The molecule has 1 fully saturated rings. The lowest BCUT2D eigenvalue weighted by molar-refractivity contribution is 0.112. The topological polar surface area (TPSA) is 57.5 Å². The van der Waals surface area contributed by atoms with E-state index >= 15 is 0 Å². The molecule has 0 amide bonds. The van der Waals surface area contributed by atoms with Gasteiger partial charge < -0.3 is 10.2 Å². The van der Waals surface area contributed by atoms with Gasteiger partial charge in [-0.1, -0.05) is 68.7 Å². The first-order chi connectivity index (χ1) is 15.0. The average Bonchev–Trinajstić information content (AvgIpc) is 3.07. The van der Waals surface area contributed by atoms with Crippen LogP contribution in [0, 0.1) is 5.92 Å². The summed E-state index contributed by atoms with van der Waals surface area (Å²) in [4.78, 5) is 11.0. The van der Waals surface area contributed by atoms with E-state index in [1.165, 1.54) is 0 Å². The molecule has 168 valence electrons. The summed E-state index contributed by atoms with van der Waals surface area (Å²) in [7, 11) is 0. The summed E-state index contributed by atoms with van der Waals surface area (Å²) < 4.78 is 0. The van der Waals surface area contributed by atoms with E-state index in [1.54, 1.807) is 0 Å². The highest BCUT2D eigenvalue weighted by Crippen LogP contribution is 2.45. The number of unbranched alkanes of at least 4 members (excludes halogenated alkanes) is 2. The molecule has 0 saturated heterocycles. The Kier molecular flexibility index (Phi) is 9.13. The summed E-state index contributed by atoms with van der Waals surface area (Å²) in [6.07, 6.45) is 7.54. The molecule has 31 heavy (non-hydrogen) atoms. The molecule has 1 aliphatic carbocycles. The number of aldehydes is 1. The molecule has 0 heterocycles. The van der Waals surface area contributed by atoms with Crippen LogP contribution in [-0.4, -0.2) is 28.0 Å². The van der Waals surface area contributed by atoms with Crippen molar-refractivity contribution in [1.82, 2.24) is 0 Å². The molecule has 3 unspecified atom stereocenters. The third kappa shape index (κ3) is 6.41. The maximum absolute atomic E-state index is 11.0. The Morgan fingerprint density at radius 2 is 1.90 bits per heavy atom. The van der Waals surface area contributed by atoms with Gasteiger partial charge in [-0.3, -0.25) is 4.79 Å². The second-order valence-corrected chi connectivity index (χ2v) is 9.50. The monoisotopic (exact) mass is 442 g/mol. The number of alkyl halides is 1. The van der Waals surface area contributed by atoms with Crippen LogP contribution in [0.5, 0.6) is 0 Å². The standard InChI is InChI=1S/C27H35ClO3/c1-2-3-4-11-25(30)21-12-14-22(15-13-21)27-23(24(28)17-26(27)31)10-6-8-19-7-5-9-20(16-19)18-29/h5,7,9,12-16,18,23-27,30-31H,2-4,6,8,10-11,17H2,1H3/t23-,24?,25?,26+,27?/m0/s1. The van der Waals surface area contributed by atoms with E-state index in [4.69, 9.17) is 11.6 Å². The van der Waals surface area contributed by atoms with Crippen LogP contribution in [0.3, 0.4) is 0 Å². The molecule has 0 radical (unpaired) electrons. The second kappa shape index (κ2) is 11.8. The summed E-state index contributed by atoms with van der Waals surface area (Å²) in [6.45, 7) is 2.16. The van der Waals surface area contributed by atoms with Crippen molar-refractivity contribution in [2.45, 2.75) is 81.8 Å². The predicted octanol–water partition coefficient (Wildman–Crippen LogP) is 6.21. The number of benzene rings is 2. The van der Waals surface area contributed by atoms with Crippen LogP contribution in [0.4, 0.5) is 0 Å². The molecule has 0 spiro atoms. The van der Waals surface area contributed by atoms with Crippen molar-refractivity contribution >= 4 is 17.9 Å². The third-order valence-corrected chi connectivity index (χ3v) is 7.19. The van der Waals surface area contributed by atoms with Gasteiger partial charge in [-0.2, -0.15) is 0 Å². The van der Waals surface area contributed by atoms with Crippen molar-refractivity contribution in [3.05, 3.63) is 70.8 Å². The Labute approximate surface area is 191 Å². The van der Waals surface area contributed by atoms with Gasteiger partial charge in [0.1, 0.15) is 6.29 Å². The van der Waals surface area contributed by atoms with E-state index in [1.807, 2.05) is 30.3 Å². The molecule has 1 saturated carbocycles. The number of halogens is 1. The van der Waals surface area contributed by atoms with Gasteiger partial charge in [0.05, 0.1) is 12.2 Å². The Morgan fingerprint density at radius 1 is 1.13 bits per heavy atom. The van der Waals surface area contributed by atoms with E-state index < -0.39 is 12.2 Å². The highest BCUT2D eigenvalue weighted by molar-refractivity contribution is 6.21. The van der Waals surface area contributed by atoms with Crippen LogP contribution in [0.15, 0.2) is 48.5 Å². The van der Waals surface area contributed by atoms with Crippen molar-refractivity contribution in [3.63, 3.8) is 0 Å². The molecule has 0 aliphatic heterocycles. The van der Waals surface area contributed by atoms with E-state index in [-0.39, 0.29) is 17.2 Å². The van der Waals surface area contributed by atoms with Gasteiger partial charge in [0.2, 0.25) is 0 Å². The van der Waals surface area contributed by atoms with Crippen molar-refractivity contribution in [1.29, 1.82) is 0 Å². The minimum atomic E-state index is -0.439. The molecule has 0 bridgehead atoms. The van der Waals surface area contributed by atoms with Crippen LogP contribution >= 0.6 is 11.6 Å². The van der Waals surface area contributed by atoms with Gasteiger partial charge in [-0.05, 0) is 60.8 Å². The molecule has 3 nitrogen and oxygen atoms in total. The first-order valence-electron chi connectivity index (χ1n) is 11.7. The number of carbonyl (C=O) groups excluding carboxylic acids is 1. The smallest absolute Gasteiger partial charge is 0.150 e. The van der Waals surface area contributed by atoms with Crippen molar-refractivity contribution in [2.24, 2.45) is 5.92 Å². The maximum Gasteiger partial charge on any atom is 0.150 e. The van der Waals surface area contributed by atoms with Crippen molar-refractivity contribution < 1.29 is 15.0 Å². The summed E-state index contributed by atoms with van der Waals surface area (Å²) in [6, 6.07) is 15.9. The molecule has 3 rings (SSSR count). The number of aliphatic hydroxyl groups excluding tert-OH is 2. The Balaban J connectivity index is 1.62. The van der Waals surface area contributed by atoms with Gasteiger partial charge in [-0.15, -0.1) is 11.6 Å². The zero-order chi connectivity index (χ0) is 22.2. The molecule has 2 aromatic carbocycles. The number of aliphatic hydroxyl groups is 2. The summed E-state index contributed by atoms with van der Waals surface area (Å²) >= 11 is 6.65. The fourth-order valence-electron chi connectivity index (χ4n) is 4.95. The van der Waals surface area contributed by atoms with Crippen LogP contribution in [0.2, 0.25) is 0 Å². The lowest BCUT2D eigenvalue weighted by atomic mass is 9.83. The van der Waals surface area contributed by atoms with Gasteiger partial charge in [0.15, 0.2) is 0 Å². The number of aryl methyl sites for hydroxylation is 1. The number of hydrogen-bond donors (Lipinski definition) is 2.